The van der Waals surface area contributed by atoms with E-state index in [2.05, 4.69) is 26.1 Å². The van der Waals surface area contributed by atoms with E-state index in [1.54, 1.807) is 7.05 Å². The van der Waals surface area contributed by atoms with Crippen molar-refractivity contribution in [3.05, 3.63) is 0 Å². The number of amides is 1. The van der Waals surface area contributed by atoms with Gasteiger partial charge in [0, 0.05) is 13.0 Å². The molecule has 0 aromatic carbocycles. The molecule has 114 valence electrons. The lowest BCUT2D eigenvalue weighted by atomic mass is 9.82. The van der Waals surface area contributed by atoms with Crippen LogP contribution in [0.2, 0.25) is 0 Å². The first-order valence-corrected chi connectivity index (χ1v) is 8.37. The third-order valence-electron chi connectivity index (χ3n) is 4.01. The van der Waals surface area contributed by atoms with Crippen molar-refractivity contribution in [2.75, 3.05) is 7.05 Å². The van der Waals surface area contributed by atoms with Gasteiger partial charge in [-0.05, 0) is 18.8 Å². The second-order valence-electron chi connectivity index (χ2n) is 6.00. The third-order valence-corrected chi connectivity index (χ3v) is 4.01. The Morgan fingerprint density at radius 1 is 1.05 bits per heavy atom. The number of carbonyl (C=O) groups excluding carboxylic acids is 1. The van der Waals surface area contributed by atoms with Gasteiger partial charge in [-0.3, -0.25) is 4.79 Å². The smallest absolute Gasteiger partial charge is 0.222 e. The highest BCUT2D eigenvalue weighted by Crippen LogP contribution is 2.28. The van der Waals surface area contributed by atoms with Crippen molar-refractivity contribution in [3.8, 4) is 0 Å². The van der Waals surface area contributed by atoms with Crippen LogP contribution in [0.25, 0.3) is 0 Å². The van der Waals surface area contributed by atoms with Crippen LogP contribution >= 0.6 is 0 Å². The van der Waals surface area contributed by atoms with Crippen LogP contribution in [0.5, 0.6) is 0 Å². The van der Waals surface area contributed by atoms with Crippen LogP contribution in [0, 0.1) is 11.8 Å². The Hall–Kier alpha value is -0.530. The minimum Gasteiger partial charge on any atom is -0.359 e. The molecule has 1 saturated carbocycles. The Labute approximate surface area is 120 Å². The van der Waals surface area contributed by atoms with Gasteiger partial charge in [0.1, 0.15) is 0 Å². The first-order valence-electron chi connectivity index (χ1n) is 8.37. The van der Waals surface area contributed by atoms with Gasteiger partial charge in [-0.15, -0.1) is 0 Å². The molecule has 0 radical (unpaired) electrons. The third kappa shape index (κ3) is 9.98. The summed E-state index contributed by atoms with van der Waals surface area (Å²) in [5.41, 5.74) is 0. The van der Waals surface area contributed by atoms with Gasteiger partial charge < -0.3 is 5.32 Å². The predicted molar refractivity (Wildman–Crippen MR) is 84.2 cm³/mol. The quantitative estimate of drug-likeness (QED) is 0.681. The van der Waals surface area contributed by atoms with Crippen molar-refractivity contribution in [1.29, 1.82) is 0 Å². The molecule has 1 aliphatic carbocycles. The van der Waals surface area contributed by atoms with E-state index in [1.165, 1.54) is 51.4 Å². The zero-order chi connectivity index (χ0) is 14.5. The van der Waals surface area contributed by atoms with E-state index in [0.717, 1.165) is 18.8 Å². The van der Waals surface area contributed by atoms with Gasteiger partial charge in [0.05, 0.1) is 0 Å². The Morgan fingerprint density at radius 3 is 2.05 bits per heavy atom. The van der Waals surface area contributed by atoms with E-state index >= 15 is 0 Å². The average Bonchev–Trinajstić information content (AvgIpc) is 2.43. The Morgan fingerprint density at radius 2 is 1.63 bits per heavy atom. The van der Waals surface area contributed by atoms with E-state index in [1.807, 2.05) is 0 Å². The van der Waals surface area contributed by atoms with Crippen molar-refractivity contribution in [2.45, 2.75) is 85.0 Å². The molecule has 1 N–H and O–H groups in total. The molecule has 0 aliphatic heterocycles. The summed E-state index contributed by atoms with van der Waals surface area (Å²) in [6.07, 6.45) is 13.2. The predicted octanol–water partition coefficient (Wildman–Crippen LogP) is 4.93. The van der Waals surface area contributed by atoms with Crippen LogP contribution in [0.1, 0.15) is 85.0 Å². The molecule has 0 saturated heterocycles. The van der Waals surface area contributed by atoms with Gasteiger partial charge in [-0.1, -0.05) is 72.1 Å². The monoisotopic (exact) mass is 269 g/mol. The normalized spacial score (nSPS) is 22.3. The summed E-state index contributed by atoms with van der Waals surface area (Å²) in [4.78, 5) is 11.2. The van der Waals surface area contributed by atoms with E-state index in [9.17, 15) is 4.79 Å². The van der Waals surface area contributed by atoms with E-state index < -0.39 is 0 Å². The lowest BCUT2D eigenvalue weighted by molar-refractivity contribution is -0.125. The molecule has 0 spiro atoms. The van der Waals surface area contributed by atoms with Gasteiger partial charge in [0.25, 0.3) is 0 Å². The molecule has 1 aliphatic rings. The Balaban J connectivity index is 0.000000362. The van der Waals surface area contributed by atoms with Gasteiger partial charge in [-0.2, -0.15) is 0 Å². The molecule has 2 nitrogen and oxygen atoms in total. The summed E-state index contributed by atoms with van der Waals surface area (Å²) in [5.74, 6) is 1.27. The summed E-state index contributed by atoms with van der Waals surface area (Å²) in [6, 6.07) is 0. The molecule has 2 unspecified atom stereocenters. The molecule has 0 aromatic heterocycles. The largest absolute Gasteiger partial charge is 0.359 e. The van der Waals surface area contributed by atoms with Crippen molar-refractivity contribution in [1.82, 2.24) is 5.32 Å². The fourth-order valence-corrected chi connectivity index (χ4v) is 2.73. The van der Waals surface area contributed by atoms with Crippen LogP contribution in [-0.4, -0.2) is 13.0 Å². The summed E-state index contributed by atoms with van der Waals surface area (Å²) in [5, 5.41) is 2.72. The topological polar surface area (TPSA) is 29.1 Å². The molecule has 0 aromatic rings. The van der Waals surface area contributed by atoms with Crippen molar-refractivity contribution < 1.29 is 4.79 Å². The van der Waals surface area contributed by atoms with Crippen LogP contribution in [0.4, 0.5) is 0 Å². The fraction of sp³-hybridized carbons (Fsp3) is 0.941. The highest BCUT2D eigenvalue weighted by Gasteiger charge is 2.23. The molecule has 19 heavy (non-hydrogen) atoms. The Bertz CT molecular complexity index is 209. The molecule has 1 fully saturated rings. The van der Waals surface area contributed by atoms with Crippen molar-refractivity contribution in [2.24, 2.45) is 11.8 Å². The van der Waals surface area contributed by atoms with Crippen LogP contribution in [0.15, 0.2) is 0 Å². The first kappa shape index (κ1) is 18.5. The second-order valence-corrected chi connectivity index (χ2v) is 6.00. The molecule has 1 amide bonds. The summed E-state index contributed by atoms with van der Waals surface area (Å²) >= 11 is 0. The zero-order valence-corrected chi connectivity index (χ0v) is 13.6. The van der Waals surface area contributed by atoms with Crippen molar-refractivity contribution in [3.63, 3.8) is 0 Å². The van der Waals surface area contributed by atoms with Gasteiger partial charge in [0.15, 0.2) is 0 Å². The number of unbranched alkanes of at least 4 members (excludes halogenated alkanes) is 5. The standard InChI is InChI=1S/C9H17NO.C8H18/c1-7-4-3-5-8(6-7)9(11)10-2;1-3-5-7-8-6-4-2/h7-8H,3-6H2,1-2H3,(H,10,11);3-8H2,1-2H3. The van der Waals surface area contributed by atoms with E-state index in [0.29, 0.717) is 5.92 Å². The highest BCUT2D eigenvalue weighted by atomic mass is 16.1. The van der Waals surface area contributed by atoms with Gasteiger partial charge in [0.2, 0.25) is 5.91 Å². The molecular weight excluding hydrogens is 234 g/mol. The summed E-state index contributed by atoms with van der Waals surface area (Å²) in [7, 11) is 1.72. The van der Waals surface area contributed by atoms with Crippen molar-refractivity contribution >= 4 is 5.91 Å². The maximum Gasteiger partial charge on any atom is 0.222 e. The van der Waals surface area contributed by atoms with Crippen LogP contribution in [-0.2, 0) is 4.79 Å². The molecular formula is C17H35NO. The van der Waals surface area contributed by atoms with Gasteiger partial charge >= 0.3 is 0 Å². The lowest BCUT2D eigenvalue weighted by Crippen LogP contribution is -2.30. The SMILES string of the molecule is CCCCCCCC.CNC(=O)C1CCCC(C)C1. The molecule has 1 rings (SSSR count). The Kier molecular flexibility index (Phi) is 12.2. The maximum absolute atomic E-state index is 11.2. The summed E-state index contributed by atoms with van der Waals surface area (Å²) < 4.78 is 0. The highest BCUT2D eigenvalue weighted by molar-refractivity contribution is 5.78. The number of carbonyl (C=O) groups is 1. The van der Waals surface area contributed by atoms with Crippen LogP contribution in [0.3, 0.4) is 0 Å². The second kappa shape index (κ2) is 12.5. The first-order chi connectivity index (χ1) is 9.15. The number of nitrogens with one attached hydrogen (secondary N) is 1. The van der Waals surface area contributed by atoms with E-state index in [4.69, 9.17) is 0 Å². The number of hydrogen-bond acceptors (Lipinski definition) is 1. The zero-order valence-electron chi connectivity index (χ0n) is 13.6. The maximum atomic E-state index is 11.2. The van der Waals surface area contributed by atoms with E-state index in [-0.39, 0.29) is 5.91 Å². The minimum absolute atomic E-state index is 0.233. The number of rotatable bonds is 6. The molecule has 2 atom stereocenters. The van der Waals surface area contributed by atoms with Crippen LogP contribution < -0.4 is 5.32 Å². The fourth-order valence-electron chi connectivity index (χ4n) is 2.73. The minimum atomic E-state index is 0.233. The summed E-state index contributed by atoms with van der Waals surface area (Å²) in [6.45, 7) is 6.74. The lowest BCUT2D eigenvalue weighted by Gasteiger charge is -2.24. The molecule has 2 heteroatoms. The number of hydrogen-bond donors (Lipinski definition) is 1. The average molecular weight is 269 g/mol. The molecule has 0 bridgehead atoms. The van der Waals surface area contributed by atoms with Gasteiger partial charge in [-0.25, -0.2) is 0 Å². The molecule has 0 heterocycles.